The van der Waals surface area contributed by atoms with E-state index in [4.69, 9.17) is 11.6 Å². The van der Waals surface area contributed by atoms with Gasteiger partial charge in [-0.05, 0) is 43.9 Å². The van der Waals surface area contributed by atoms with Gasteiger partial charge in [-0.25, -0.2) is 4.39 Å². The lowest BCUT2D eigenvalue weighted by molar-refractivity contribution is -0.892. The molecule has 1 fully saturated rings. The highest BCUT2D eigenvalue weighted by Gasteiger charge is 2.16. The van der Waals surface area contributed by atoms with Gasteiger partial charge in [0.1, 0.15) is 5.82 Å². The number of amides is 1. The zero-order valence-corrected chi connectivity index (χ0v) is 12.3. The van der Waals surface area contributed by atoms with Crippen molar-refractivity contribution in [3.8, 4) is 0 Å². The van der Waals surface area contributed by atoms with E-state index in [1.54, 1.807) is 0 Å². The number of likely N-dealkylation sites (tertiary alicyclic amines) is 1. The van der Waals surface area contributed by atoms with Crippen LogP contribution in [0.4, 0.5) is 10.1 Å². The first kappa shape index (κ1) is 15.3. The van der Waals surface area contributed by atoms with Crippen LogP contribution in [0.2, 0.25) is 5.02 Å². The number of carbonyl (C=O) groups excluding carboxylic acids is 1. The fraction of sp³-hybridized carbons (Fsp3) is 0.533. The average molecular weight is 300 g/mol. The summed E-state index contributed by atoms with van der Waals surface area (Å²) in [6.45, 7) is 2.54. The van der Waals surface area contributed by atoms with Crippen molar-refractivity contribution in [1.29, 1.82) is 0 Å². The van der Waals surface area contributed by atoms with E-state index >= 15 is 0 Å². The molecular weight excluding hydrogens is 279 g/mol. The predicted molar refractivity (Wildman–Crippen MR) is 78.7 cm³/mol. The number of carbonyl (C=O) groups is 1. The van der Waals surface area contributed by atoms with Crippen LogP contribution >= 0.6 is 11.6 Å². The summed E-state index contributed by atoms with van der Waals surface area (Å²) in [5, 5.41) is 3.00. The third-order valence-corrected chi connectivity index (χ3v) is 3.99. The van der Waals surface area contributed by atoms with Crippen molar-refractivity contribution in [1.82, 2.24) is 0 Å². The van der Waals surface area contributed by atoms with Gasteiger partial charge in [0, 0.05) is 0 Å². The molecule has 1 saturated heterocycles. The van der Waals surface area contributed by atoms with Crippen LogP contribution in [0.5, 0.6) is 0 Å². The summed E-state index contributed by atoms with van der Waals surface area (Å²) in [5.74, 6) is -0.462. The zero-order chi connectivity index (χ0) is 14.4. The summed E-state index contributed by atoms with van der Waals surface area (Å²) in [4.78, 5) is 13.4. The maximum atomic E-state index is 12.9. The molecule has 2 rings (SSSR count). The molecule has 0 spiro atoms. The van der Waals surface area contributed by atoms with Gasteiger partial charge in [-0.1, -0.05) is 18.0 Å². The summed E-state index contributed by atoms with van der Waals surface area (Å²) >= 11 is 5.90. The summed E-state index contributed by atoms with van der Waals surface area (Å²) in [7, 11) is 0. The van der Waals surface area contributed by atoms with E-state index in [-0.39, 0.29) is 10.9 Å². The highest BCUT2D eigenvalue weighted by atomic mass is 35.5. The van der Waals surface area contributed by atoms with E-state index < -0.39 is 5.82 Å². The molecule has 1 amide bonds. The number of hydrogen-bond acceptors (Lipinski definition) is 1. The molecule has 20 heavy (non-hydrogen) atoms. The van der Waals surface area contributed by atoms with Crippen molar-refractivity contribution < 1.29 is 14.1 Å². The van der Waals surface area contributed by atoms with Crippen LogP contribution in [-0.2, 0) is 4.79 Å². The molecule has 0 radical (unpaired) electrons. The molecule has 0 aliphatic carbocycles. The van der Waals surface area contributed by atoms with Gasteiger partial charge in [0.05, 0.1) is 23.8 Å². The second-order valence-corrected chi connectivity index (χ2v) is 5.77. The Hall–Kier alpha value is -1.13. The normalized spacial score (nSPS) is 17.3. The highest BCUT2D eigenvalue weighted by molar-refractivity contribution is 6.33. The fourth-order valence-corrected chi connectivity index (χ4v) is 2.81. The van der Waals surface area contributed by atoms with Crippen molar-refractivity contribution in [3.05, 3.63) is 29.0 Å². The maximum Gasteiger partial charge on any atom is 0.279 e. The van der Waals surface area contributed by atoms with E-state index in [9.17, 15) is 9.18 Å². The Morgan fingerprint density at radius 3 is 2.50 bits per heavy atom. The fourth-order valence-electron chi connectivity index (χ4n) is 2.59. The largest absolute Gasteiger partial charge is 0.327 e. The van der Waals surface area contributed by atoms with Crippen molar-refractivity contribution in [2.75, 3.05) is 25.0 Å². The summed E-state index contributed by atoms with van der Waals surface area (Å²) in [6.07, 6.45) is 6.19. The molecule has 1 aromatic carbocycles. The van der Waals surface area contributed by atoms with Crippen molar-refractivity contribution in [2.24, 2.45) is 0 Å². The van der Waals surface area contributed by atoms with Gasteiger partial charge >= 0.3 is 0 Å². The first-order chi connectivity index (χ1) is 9.65. The third kappa shape index (κ3) is 4.76. The zero-order valence-electron chi connectivity index (χ0n) is 11.6. The van der Waals surface area contributed by atoms with Gasteiger partial charge in [0.25, 0.3) is 5.91 Å². The molecule has 0 saturated carbocycles. The Morgan fingerprint density at radius 2 is 1.85 bits per heavy atom. The summed E-state index contributed by atoms with van der Waals surface area (Å²) in [5.41, 5.74) is 0.476. The van der Waals surface area contributed by atoms with Gasteiger partial charge in [-0.15, -0.1) is 0 Å². The number of rotatable bonds is 3. The Labute approximate surface area is 124 Å². The molecule has 1 heterocycles. The number of hydrogen-bond donors (Lipinski definition) is 2. The van der Waals surface area contributed by atoms with E-state index in [1.165, 1.54) is 55.2 Å². The first-order valence-electron chi connectivity index (χ1n) is 7.23. The van der Waals surface area contributed by atoms with E-state index in [0.717, 1.165) is 13.1 Å². The Morgan fingerprint density at radius 1 is 1.20 bits per heavy atom. The number of benzene rings is 1. The minimum absolute atomic E-state index is 0.0610. The molecule has 0 unspecified atom stereocenters. The van der Waals surface area contributed by atoms with Gasteiger partial charge in [-0.2, -0.15) is 0 Å². The third-order valence-electron chi connectivity index (χ3n) is 3.68. The van der Waals surface area contributed by atoms with Gasteiger partial charge in [0.15, 0.2) is 6.54 Å². The molecule has 110 valence electrons. The average Bonchev–Trinajstić information content (AvgIpc) is 2.36. The molecule has 0 atom stereocenters. The molecular formula is C15H21ClFN2O+. The van der Waals surface area contributed by atoms with E-state index in [0.29, 0.717) is 12.2 Å². The van der Waals surface area contributed by atoms with Crippen molar-refractivity contribution in [2.45, 2.75) is 32.1 Å². The molecule has 1 aromatic rings. The second kappa shape index (κ2) is 7.60. The number of nitrogens with one attached hydrogen (secondary N) is 2. The van der Waals surface area contributed by atoms with Crippen molar-refractivity contribution in [3.63, 3.8) is 0 Å². The number of anilines is 1. The summed E-state index contributed by atoms with van der Waals surface area (Å²) < 4.78 is 12.9. The molecule has 1 aliphatic heterocycles. The minimum Gasteiger partial charge on any atom is -0.327 e. The van der Waals surface area contributed by atoms with Crippen LogP contribution in [0.15, 0.2) is 18.2 Å². The van der Waals surface area contributed by atoms with Crippen LogP contribution in [0, 0.1) is 5.82 Å². The van der Waals surface area contributed by atoms with Crippen LogP contribution in [0.25, 0.3) is 0 Å². The van der Waals surface area contributed by atoms with Crippen LogP contribution < -0.4 is 10.2 Å². The molecule has 0 bridgehead atoms. The van der Waals surface area contributed by atoms with Crippen LogP contribution in [0.1, 0.15) is 32.1 Å². The van der Waals surface area contributed by atoms with E-state index in [1.807, 2.05) is 0 Å². The topological polar surface area (TPSA) is 33.5 Å². The van der Waals surface area contributed by atoms with Crippen LogP contribution in [-0.4, -0.2) is 25.5 Å². The van der Waals surface area contributed by atoms with E-state index in [2.05, 4.69) is 5.32 Å². The second-order valence-electron chi connectivity index (χ2n) is 5.37. The monoisotopic (exact) mass is 299 g/mol. The van der Waals surface area contributed by atoms with Crippen LogP contribution in [0.3, 0.4) is 0 Å². The molecule has 3 nitrogen and oxygen atoms in total. The lowest BCUT2D eigenvalue weighted by Gasteiger charge is -2.21. The SMILES string of the molecule is O=C(C[NH+]1CCCCCCC1)Nc1ccc(F)cc1Cl. The van der Waals surface area contributed by atoms with Gasteiger partial charge < -0.3 is 10.2 Å². The molecule has 0 aromatic heterocycles. The lowest BCUT2D eigenvalue weighted by atomic mass is 10.1. The molecule has 1 aliphatic rings. The quantitative estimate of drug-likeness (QED) is 0.882. The highest BCUT2D eigenvalue weighted by Crippen LogP contribution is 2.21. The minimum atomic E-state index is -0.401. The lowest BCUT2D eigenvalue weighted by Crippen LogP contribution is -3.13. The smallest absolute Gasteiger partial charge is 0.279 e. The first-order valence-corrected chi connectivity index (χ1v) is 7.61. The summed E-state index contributed by atoms with van der Waals surface area (Å²) in [6, 6.07) is 4.00. The Kier molecular flexibility index (Phi) is 5.80. The molecule has 2 N–H and O–H groups in total. The van der Waals surface area contributed by atoms with Crippen molar-refractivity contribution >= 4 is 23.2 Å². The standard InChI is InChI=1S/C15H20ClFN2O/c16-13-10-12(17)6-7-14(13)18-15(20)11-19-8-4-2-1-3-5-9-19/h6-7,10H,1-5,8-9,11H2,(H,18,20)/p+1. The maximum absolute atomic E-state index is 12.9. The van der Waals surface area contributed by atoms with Gasteiger partial charge in [-0.3, -0.25) is 4.79 Å². The van der Waals surface area contributed by atoms with Gasteiger partial charge in [0.2, 0.25) is 0 Å². The number of quaternary nitrogens is 1. The Bertz CT molecular complexity index is 459. The predicted octanol–water partition coefficient (Wildman–Crippen LogP) is 2.27. The Balaban J connectivity index is 1.87. The molecule has 5 heteroatoms. The number of halogens is 2.